The van der Waals surface area contributed by atoms with E-state index in [1.165, 1.54) is 28.1 Å². The summed E-state index contributed by atoms with van der Waals surface area (Å²) >= 11 is 0. The SMILES string of the molecule is CCC1OC(=O)[C@H](C)C(O[C@H]2C[C@@](C)(OC)[C@@H](O)[C@H](C)O2)[C@H](C)[C@@H](O[C@@H]2O[C@H](C)C[C@H](N(C)C)[C@H]2OC(C)=O)[C@](C)(OC)C[C@@H](C)C(=O)[C@H](C)[C@@H](O)[C@]1(C)O. The Balaban J connectivity index is 2.27. The molecule has 0 aliphatic carbocycles. The monoisotopic (exact) mass is 789 g/mol. The zero-order valence-corrected chi connectivity index (χ0v) is 35.8. The molecule has 0 aromatic carbocycles. The van der Waals surface area contributed by atoms with Crippen molar-refractivity contribution in [2.24, 2.45) is 23.7 Å². The largest absolute Gasteiger partial charge is 0.459 e. The quantitative estimate of drug-likeness (QED) is 0.289. The van der Waals surface area contributed by atoms with Gasteiger partial charge in [0.1, 0.15) is 23.6 Å². The summed E-state index contributed by atoms with van der Waals surface area (Å²) in [6.07, 6.45) is -8.82. The summed E-state index contributed by atoms with van der Waals surface area (Å²) in [6.45, 7) is 18.3. The summed E-state index contributed by atoms with van der Waals surface area (Å²) in [5, 5.41) is 34.1. The van der Waals surface area contributed by atoms with E-state index < -0.39 is 108 Å². The number of esters is 2. The maximum absolute atomic E-state index is 14.3. The van der Waals surface area contributed by atoms with Gasteiger partial charge in [0.25, 0.3) is 0 Å². The minimum Gasteiger partial charge on any atom is -0.459 e. The Bertz CT molecular complexity index is 1300. The highest BCUT2D eigenvalue weighted by atomic mass is 16.7. The molecule has 0 bridgehead atoms. The predicted molar refractivity (Wildman–Crippen MR) is 201 cm³/mol. The van der Waals surface area contributed by atoms with Crippen molar-refractivity contribution in [3.8, 4) is 0 Å². The lowest BCUT2D eigenvalue weighted by molar-refractivity contribution is -0.320. The zero-order valence-electron chi connectivity index (χ0n) is 35.8. The minimum atomic E-state index is -1.98. The van der Waals surface area contributed by atoms with Crippen molar-refractivity contribution in [1.29, 1.82) is 0 Å². The molecule has 0 spiro atoms. The molecule has 15 nitrogen and oxygen atoms in total. The van der Waals surface area contributed by atoms with Gasteiger partial charge in [-0.25, -0.2) is 0 Å². The normalized spacial score (nSPS) is 46.9. The molecular formula is C40H71NO14. The second-order valence-corrected chi connectivity index (χ2v) is 17.2. The number of likely N-dealkylation sites (N-methyl/N-ethyl adjacent to an activating group) is 1. The summed E-state index contributed by atoms with van der Waals surface area (Å²) in [4.78, 5) is 42.8. The molecule has 0 saturated carbocycles. The predicted octanol–water partition coefficient (Wildman–Crippen LogP) is 3.01. The first kappa shape index (κ1) is 47.6. The number of methoxy groups -OCH3 is 2. The first-order valence-electron chi connectivity index (χ1n) is 19.8. The van der Waals surface area contributed by atoms with Crippen LogP contribution in [0.3, 0.4) is 0 Å². The fraction of sp³-hybridized carbons (Fsp3) is 0.925. The van der Waals surface area contributed by atoms with Crippen molar-refractivity contribution in [3.05, 3.63) is 0 Å². The van der Waals surface area contributed by atoms with E-state index >= 15 is 0 Å². The van der Waals surface area contributed by atoms with E-state index in [4.69, 9.17) is 37.9 Å². The molecule has 55 heavy (non-hydrogen) atoms. The molecule has 320 valence electrons. The molecule has 3 aliphatic rings. The van der Waals surface area contributed by atoms with Crippen molar-refractivity contribution in [2.75, 3.05) is 28.3 Å². The van der Waals surface area contributed by atoms with E-state index in [1.54, 1.807) is 48.5 Å². The second kappa shape index (κ2) is 18.9. The smallest absolute Gasteiger partial charge is 0.311 e. The van der Waals surface area contributed by atoms with Gasteiger partial charge in [-0.2, -0.15) is 0 Å². The number of carbonyl (C=O) groups excluding carboxylic acids is 3. The fourth-order valence-electron chi connectivity index (χ4n) is 8.89. The van der Waals surface area contributed by atoms with Gasteiger partial charge >= 0.3 is 11.9 Å². The van der Waals surface area contributed by atoms with Crippen LogP contribution in [0.2, 0.25) is 0 Å². The van der Waals surface area contributed by atoms with Gasteiger partial charge in [-0.3, -0.25) is 14.4 Å². The summed E-state index contributed by atoms with van der Waals surface area (Å²) < 4.78 is 50.3. The second-order valence-electron chi connectivity index (χ2n) is 17.2. The van der Waals surface area contributed by atoms with Crippen molar-refractivity contribution in [1.82, 2.24) is 4.90 Å². The van der Waals surface area contributed by atoms with Gasteiger partial charge in [0.15, 0.2) is 18.7 Å². The summed E-state index contributed by atoms with van der Waals surface area (Å²) in [5.74, 6) is -5.13. The van der Waals surface area contributed by atoms with Gasteiger partial charge in [-0.15, -0.1) is 0 Å². The van der Waals surface area contributed by atoms with E-state index in [1.807, 2.05) is 32.8 Å². The van der Waals surface area contributed by atoms with E-state index in [9.17, 15) is 29.7 Å². The lowest BCUT2D eigenvalue weighted by atomic mass is 9.74. The third kappa shape index (κ3) is 10.5. The van der Waals surface area contributed by atoms with Crippen LogP contribution in [0, 0.1) is 23.7 Å². The summed E-state index contributed by atoms with van der Waals surface area (Å²) in [6, 6.07) is -0.280. The average molecular weight is 790 g/mol. The number of aliphatic hydroxyl groups excluding tert-OH is 2. The third-order valence-corrected chi connectivity index (χ3v) is 12.5. The topological polar surface area (TPSA) is 189 Å². The van der Waals surface area contributed by atoms with Crippen LogP contribution in [0.25, 0.3) is 0 Å². The highest BCUT2D eigenvalue weighted by Crippen LogP contribution is 2.42. The number of ketones is 1. The van der Waals surface area contributed by atoms with Crippen molar-refractivity contribution in [3.63, 3.8) is 0 Å². The van der Waals surface area contributed by atoms with Crippen molar-refractivity contribution < 1.29 is 67.6 Å². The van der Waals surface area contributed by atoms with Crippen molar-refractivity contribution in [2.45, 2.75) is 186 Å². The molecule has 0 aromatic heterocycles. The first-order chi connectivity index (χ1) is 25.4. The Morgan fingerprint density at radius 3 is 2.00 bits per heavy atom. The molecule has 3 rings (SSSR count). The van der Waals surface area contributed by atoms with Gasteiger partial charge in [0, 0.05) is 45.3 Å². The number of nitrogens with zero attached hydrogens (tertiary/aromatic N) is 1. The van der Waals surface area contributed by atoms with Crippen LogP contribution in [-0.2, 0) is 52.3 Å². The molecule has 18 atom stereocenters. The molecule has 0 radical (unpaired) electrons. The number of rotatable bonds is 9. The highest BCUT2D eigenvalue weighted by Gasteiger charge is 2.54. The van der Waals surface area contributed by atoms with Crippen LogP contribution in [0.1, 0.15) is 102 Å². The Morgan fingerprint density at radius 1 is 0.873 bits per heavy atom. The maximum Gasteiger partial charge on any atom is 0.311 e. The van der Waals surface area contributed by atoms with Crippen LogP contribution < -0.4 is 0 Å². The van der Waals surface area contributed by atoms with Crippen LogP contribution in [0.15, 0.2) is 0 Å². The zero-order chi connectivity index (χ0) is 42.0. The van der Waals surface area contributed by atoms with Gasteiger partial charge in [0.05, 0.1) is 53.7 Å². The Labute approximate surface area is 327 Å². The minimum absolute atomic E-state index is 0.0851. The molecule has 3 heterocycles. The number of aliphatic hydroxyl groups is 3. The van der Waals surface area contributed by atoms with Crippen molar-refractivity contribution >= 4 is 17.7 Å². The van der Waals surface area contributed by atoms with Gasteiger partial charge in [-0.1, -0.05) is 27.7 Å². The number of hydrogen-bond donors (Lipinski definition) is 3. The summed E-state index contributed by atoms with van der Waals surface area (Å²) in [5.41, 5.74) is -4.32. The van der Waals surface area contributed by atoms with E-state index in [0.717, 1.165) is 0 Å². The van der Waals surface area contributed by atoms with Crippen LogP contribution in [-0.4, -0.2) is 151 Å². The molecule has 3 fully saturated rings. The molecular weight excluding hydrogens is 718 g/mol. The molecule has 3 N–H and O–H groups in total. The Morgan fingerprint density at radius 2 is 1.47 bits per heavy atom. The Hall–Kier alpha value is -1.79. The van der Waals surface area contributed by atoms with E-state index in [0.29, 0.717) is 6.42 Å². The van der Waals surface area contributed by atoms with Crippen LogP contribution in [0.5, 0.6) is 0 Å². The molecule has 0 aromatic rings. The van der Waals surface area contributed by atoms with Gasteiger partial charge in [0.2, 0.25) is 0 Å². The van der Waals surface area contributed by atoms with E-state index in [-0.39, 0.29) is 37.2 Å². The summed E-state index contributed by atoms with van der Waals surface area (Å²) in [7, 11) is 6.77. The fourth-order valence-corrected chi connectivity index (χ4v) is 8.89. The van der Waals surface area contributed by atoms with Gasteiger partial charge in [-0.05, 0) is 74.9 Å². The number of ether oxygens (including phenoxy) is 8. The lowest BCUT2D eigenvalue weighted by Gasteiger charge is -2.50. The van der Waals surface area contributed by atoms with E-state index in [2.05, 4.69) is 0 Å². The number of hydrogen-bond acceptors (Lipinski definition) is 15. The molecule has 15 heteroatoms. The number of cyclic esters (lactones) is 1. The van der Waals surface area contributed by atoms with Crippen LogP contribution in [0.4, 0.5) is 0 Å². The maximum atomic E-state index is 14.3. The third-order valence-electron chi connectivity index (χ3n) is 12.5. The van der Waals surface area contributed by atoms with Gasteiger partial charge < -0.3 is 58.1 Å². The number of Topliss-reactive ketones (excluding diaryl/α,β-unsaturated/α-hetero) is 1. The first-order valence-corrected chi connectivity index (χ1v) is 19.8. The average Bonchev–Trinajstić information content (AvgIpc) is 3.12. The molecule has 3 aliphatic heterocycles. The lowest BCUT2D eigenvalue weighted by Crippen LogP contribution is -2.62. The molecule has 3 saturated heterocycles. The Kier molecular flexibility index (Phi) is 16.3. The number of carbonyl (C=O) groups is 3. The van der Waals surface area contributed by atoms with Crippen LogP contribution >= 0.6 is 0 Å². The highest BCUT2D eigenvalue weighted by molar-refractivity contribution is 5.83. The standard InChI is InChI=1S/C40H71NO14/c1-16-28-40(11,47)33(44)22(4)30(43)20(2)18-39(10,49-15)35(55-37-32(52-26(8)42)27(41(12)13)17-21(3)50-37)23(5)31(24(6)36(46)53-28)54-29-19-38(9,48-14)34(45)25(7)51-29/h20-25,27-29,31-35,37,44-45,47H,16-19H2,1-15H3/t20-,21-,22+,23+,24-,25+,27+,28?,29+,31?,32-,33-,34+,35-,37+,38-,39-,40-/m1/s1. The molecule has 0 amide bonds. The molecule has 2 unspecified atom stereocenters.